The minimum Gasteiger partial charge on any atom is -0.299 e. The second-order valence-corrected chi connectivity index (χ2v) is 9.19. The van der Waals surface area contributed by atoms with Gasteiger partial charge < -0.3 is 0 Å². The molecule has 2 atom stereocenters. The molecular formula is C25H28F6N4O. The summed E-state index contributed by atoms with van der Waals surface area (Å²) in [5.41, 5.74) is 2.98. The van der Waals surface area contributed by atoms with Crippen molar-refractivity contribution in [3.63, 3.8) is 0 Å². The molecule has 4 rings (SSSR count). The van der Waals surface area contributed by atoms with Crippen molar-refractivity contribution >= 4 is 11.6 Å². The molecule has 0 aliphatic carbocycles. The number of carbonyl (C=O) groups excluding carboxylic acids is 1. The van der Waals surface area contributed by atoms with Crippen molar-refractivity contribution in [2.45, 2.75) is 50.6 Å². The van der Waals surface area contributed by atoms with E-state index in [1.165, 1.54) is 0 Å². The van der Waals surface area contributed by atoms with Crippen molar-refractivity contribution in [3.8, 4) is 0 Å². The predicted octanol–water partition coefficient (Wildman–Crippen LogP) is 5.25. The standard InChI is InChI=1S/C25H28F6N4O/c1-2-16-6-3-4-8-21(16)22(35-11-10-34-9-5-7-20(34)15-35)23(36)33-32-19-13-17(24(26,27)28)12-18(14-19)25(29,30)31/h3-4,6,8,12-14,20,22,32H,2,5,7,9-11,15H2,1H3,(H,33,36)/t20-,22?/m1/s1. The largest absolute Gasteiger partial charge is 0.416 e. The quantitative estimate of drug-likeness (QED) is 0.409. The number of rotatable bonds is 6. The molecule has 5 nitrogen and oxygen atoms in total. The summed E-state index contributed by atoms with van der Waals surface area (Å²) in [4.78, 5) is 17.9. The van der Waals surface area contributed by atoms with Crippen LogP contribution in [-0.4, -0.2) is 47.9 Å². The topological polar surface area (TPSA) is 47.6 Å². The first-order chi connectivity index (χ1) is 17.0. The second-order valence-electron chi connectivity index (χ2n) is 9.19. The first-order valence-corrected chi connectivity index (χ1v) is 11.9. The van der Waals surface area contributed by atoms with Crippen molar-refractivity contribution in [2.24, 2.45) is 0 Å². The molecule has 11 heteroatoms. The number of amides is 1. The van der Waals surface area contributed by atoms with Crippen molar-refractivity contribution in [1.82, 2.24) is 15.2 Å². The number of alkyl halides is 6. The Bertz CT molecular complexity index is 1050. The first-order valence-electron chi connectivity index (χ1n) is 11.9. The Morgan fingerprint density at radius 2 is 1.67 bits per heavy atom. The van der Waals surface area contributed by atoms with E-state index in [4.69, 9.17) is 0 Å². The van der Waals surface area contributed by atoms with Gasteiger partial charge in [0.1, 0.15) is 6.04 Å². The summed E-state index contributed by atoms with van der Waals surface area (Å²) in [5, 5.41) is 0. The van der Waals surface area contributed by atoms with E-state index in [2.05, 4.69) is 15.8 Å². The van der Waals surface area contributed by atoms with Gasteiger partial charge in [0, 0.05) is 25.7 Å². The van der Waals surface area contributed by atoms with Gasteiger partial charge in [-0.25, -0.2) is 0 Å². The van der Waals surface area contributed by atoms with Crippen molar-refractivity contribution in [3.05, 3.63) is 64.7 Å². The van der Waals surface area contributed by atoms with Crippen LogP contribution in [0.2, 0.25) is 0 Å². The summed E-state index contributed by atoms with van der Waals surface area (Å²) in [6, 6.07) is 8.14. The molecular weight excluding hydrogens is 486 g/mol. The van der Waals surface area contributed by atoms with Gasteiger partial charge in [-0.05, 0) is 55.1 Å². The Morgan fingerprint density at radius 1 is 1.00 bits per heavy atom. The SMILES string of the molecule is CCc1ccccc1C(C(=O)NNc1cc(C(F)(F)F)cc(C(F)(F)F)c1)N1CCN2CCC[C@@H]2C1. The number of carbonyl (C=O) groups is 1. The fraction of sp³-hybridized carbons (Fsp3) is 0.480. The summed E-state index contributed by atoms with van der Waals surface area (Å²) < 4.78 is 79.3. The maximum Gasteiger partial charge on any atom is 0.416 e. The van der Waals surface area contributed by atoms with E-state index in [1.807, 2.05) is 36.1 Å². The Hall–Kier alpha value is -2.79. The highest BCUT2D eigenvalue weighted by Crippen LogP contribution is 2.37. The van der Waals surface area contributed by atoms with Crippen LogP contribution in [0.3, 0.4) is 0 Å². The summed E-state index contributed by atoms with van der Waals surface area (Å²) in [7, 11) is 0. The number of hydrogen-bond acceptors (Lipinski definition) is 4. The molecule has 2 aliphatic heterocycles. The predicted molar refractivity (Wildman–Crippen MR) is 123 cm³/mol. The van der Waals surface area contributed by atoms with Crippen LogP contribution in [0.25, 0.3) is 0 Å². The van der Waals surface area contributed by atoms with Gasteiger partial charge >= 0.3 is 12.4 Å². The van der Waals surface area contributed by atoms with E-state index in [1.54, 1.807) is 0 Å². The maximum atomic E-state index is 13.5. The molecule has 2 saturated heterocycles. The molecule has 0 bridgehead atoms. The second kappa shape index (κ2) is 10.3. The molecule has 1 unspecified atom stereocenters. The van der Waals surface area contributed by atoms with Crippen molar-refractivity contribution in [1.29, 1.82) is 0 Å². The summed E-state index contributed by atoms with van der Waals surface area (Å²) >= 11 is 0. The van der Waals surface area contributed by atoms with E-state index in [9.17, 15) is 31.1 Å². The Balaban J connectivity index is 1.60. The Morgan fingerprint density at radius 3 is 2.31 bits per heavy atom. The van der Waals surface area contributed by atoms with Crippen LogP contribution in [0, 0.1) is 0 Å². The normalized spacial score (nSPS) is 20.1. The van der Waals surface area contributed by atoms with Crippen LogP contribution in [0.1, 0.15) is 48.1 Å². The van der Waals surface area contributed by atoms with E-state index in [0.29, 0.717) is 37.7 Å². The molecule has 2 fully saturated rings. The molecule has 0 radical (unpaired) electrons. The lowest BCUT2D eigenvalue weighted by molar-refractivity contribution is -0.143. The minimum atomic E-state index is -4.98. The van der Waals surface area contributed by atoms with Gasteiger partial charge in [-0.15, -0.1) is 0 Å². The smallest absolute Gasteiger partial charge is 0.299 e. The highest BCUT2D eigenvalue weighted by molar-refractivity contribution is 5.84. The van der Waals surface area contributed by atoms with E-state index < -0.39 is 41.1 Å². The highest BCUT2D eigenvalue weighted by atomic mass is 19.4. The maximum absolute atomic E-state index is 13.5. The van der Waals surface area contributed by atoms with Crippen LogP contribution in [0.15, 0.2) is 42.5 Å². The van der Waals surface area contributed by atoms with Crippen LogP contribution < -0.4 is 10.9 Å². The average molecular weight is 515 g/mol. The van der Waals surface area contributed by atoms with Gasteiger partial charge in [0.05, 0.1) is 16.8 Å². The zero-order chi connectivity index (χ0) is 26.1. The van der Waals surface area contributed by atoms with Crippen LogP contribution in [0.5, 0.6) is 0 Å². The number of aryl methyl sites for hydroxylation is 1. The number of fused-ring (bicyclic) bond motifs is 1. The van der Waals surface area contributed by atoms with Crippen LogP contribution in [0.4, 0.5) is 32.0 Å². The van der Waals surface area contributed by atoms with E-state index in [0.717, 1.165) is 37.1 Å². The molecule has 196 valence electrons. The zero-order valence-electron chi connectivity index (χ0n) is 19.7. The number of halogens is 6. The van der Waals surface area contributed by atoms with Gasteiger partial charge in [0.2, 0.25) is 0 Å². The molecule has 2 aromatic carbocycles. The van der Waals surface area contributed by atoms with Gasteiger partial charge in [0.25, 0.3) is 5.91 Å². The lowest BCUT2D eigenvalue weighted by Crippen LogP contribution is -2.54. The highest BCUT2D eigenvalue weighted by Gasteiger charge is 2.39. The molecule has 2 aliphatic rings. The number of hydrogen-bond donors (Lipinski definition) is 2. The molecule has 1 amide bonds. The number of piperazine rings is 1. The molecule has 0 spiro atoms. The molecule has 2 N–H and O–H groups in total. The lowest BCUT2D eigenvalue weighted by Gasteiger charge is -2.41. The lowest BCUT2D eigenvalue weighted by atomic mass is 9.95. The summed E-state index contributed by atoms with van der Waals surface area (Å²) in [5.74, 6) is -0.548. The fourth-order valence-corrected chi connectivity index (χ4v) is 5.11. The Labute approximate surface area is 205 Å². The molecule has 2 heterocycles. The minimum absolute atomic E-state index is 0.0500. The fourth-order valence-electron chi connectivity index (χ4n) is 5.11. The number of benzene rings is 2. The van der Waals surface area contributed by atoms with Gasteiger partial charge in [-0.2, -0.15) is 26.3 Å². The summed E-state index contributed by atoms with van der Waals surface area (Å²) in [6.45, 7) is 5.03. The molecule has 0 aromatic heterocycles. The average Bonchev–Trinajstić information content (AvgIpc) is 3.30. The molecule has 2 aromatic rings. The first kappa shape index (κ1) is 26.3. The van der Waals surface area contributed by atoms with Crippen LogP contribution in [-0.2, 0) is 23.6 Å². The third-order valence-electron chi connectivity index (χ3n) is 6.88. The number of hydrazine groups is 1. The molecule has 0 saturated carbocycles. The van der Waals surface area contributed by atoms with E-state index >= 15 is 0 Å². The third kappa shape index (κ3) is 5.78. The number of anilines is 1. The zero-order valence-corrected chi connectivity index (χ0v) is 19.7. The van der Waals surface area contributed by atoms with E-state index in [-0.39, 0.29) is 6.07 Å². The van der Waals surface area contributed by atoms with Crippen LogP contribution >= 0.6 is 0 Å². The monoisotopic (exact) mass is 514 g/mol. The third-order valence-corrected chi connectivity index (χ3v) is 6.88. The van der Waals surface area contributed by atoms with Gasteiger partial charge in [0.15, 0.2) is 0 Å². The number of nitrogens with one attached hydrogen (secondary N) is 2. The Kier molecular flexibility index (Phi) is 7.51. The van der Waals surface area contributed by atoms with Crippen molar-refractivity contribution in [2.75, 3.05) is 31.6 Å². The number of nitrogens with zero attached hydrogens (tertiary/aromatic N) is 2. The van der Waals surface area contributed by atoms with Gasteiger partial charge in [-0.1, -0.05) is 31.2 Å². The van der Waals surface area contributed by atoms with Gasteiger partial charge in [-0.3, -0.25) is 25.4 Å². The summed E-state index contributed by atoms with van der Waals surface area (Å²) in [6.07, 6.45) is -7.20. The van der Waals surface area contributed by atoms with Crippen molar-refractivity contribution < 1.29 is 31.1 Å². The molecule has 36 heavy (non-hydrogen) atoms.